The monoisotopic (exact) mass is 256 g/mol. The van der Waals surface area contributed by atoms with E-state index in [1.54, 1.807) is 0 Å². The first-order valence-corrected chi connectivity index (χ1v) is 6.86. The standard InChI is InChI=1S/C13H28N4O/c1-13(2,3)15-12(18)11-17-7-4-6-16(8-5-14)9-10-17/h4-11,14H2,1-3H3,(H,15,18). The third kappa shape index (κ3) is 6.33. The quantitative estimate of drug-likeness (QED) is 0.735. The predicted molar refractivity (Wildman–Crippen MR) is 74.4 cm³/mol. The third-order valence-corrected chi connectivity index (χ3v) is 3.01. The van der Waals surface area contributed by atoms with Crippen LogP contribution in [0.2, 0.25) is 0 Å². The molecule has 5 heteroatoms. The van der Waals surface area contributed by atoms with Crippen molar-refractivity contribution in [3.8, 4) is 0 Å². The van der Waals surface area contributed by atoms with Crippen LogP contribution in [0.5, 0.6) is 0 Å². The van der Waals surface area contributed by atoms with Crippen LogP contribution in [0.15, 0.2) is 0 Å². The number of hydrogen-bond donors (Lipinski definition) is 2. The number of rotatable bonds is 4. The van der Waals surface area contributed by atoms with Crippen molar-refractivity contribution in [1.82, 2.24) is 15.1 Å². The second-order valence-corrected chi connectivity index (χ2v) is 6.06. The van der Waals surface area contributed by atoms with Crippen LogP contribution >= 0.6 is 0 Å². The summed E-state index contributed by atoms with van der Waals surface area (Å²) >= 11 is 0. The van der Waals surface area contributed by atoms with Gasteiger partial charge in [-0.05, 0) is 40.3 Å². The molecule has 0 aromatic rings. The van der Waals surface area contributed by atoms with E-state index < -0.39 is 0 Å². The molecule has 1 aliphatic heterocycles. The van der Waals surface area contributed by atoms with Gasteiger partial charge >= 0.3 is 0 Å². The zero-order chi connectivity index (χ0) is 13.6. The fourth-order valence-corrected chi connectivity index (χ4v) is 2.25. The van der Waals surface area contributed by atoms with Crippen molar-refractivity contribution < 1.29 is 4.79 Å². The Hall–Kier alpha value is -0.650. The van der Waals surface area contributed by atoms with Gasteiger partial charge in [0.1, 0.15) is 0 Å². The molecule has 5 nitrogen and oxygen atoms in total. The second kappa shape index (κ2) is 7.07. The van der Waals surface area contributed by atoms with E-state index in [0.717, 1.165) is 39.1 Å². The number of carbonyl (C=O) groups excluding carboxylic acids is 1. The molecule has 0 aromatic heterocycles. The minimum atomic E-state index is -0.144. The van der Waals surface area contributed by atoms with Crippen molar-refractivity contribution in [2.75, 3.05) is 45.8 Å². The first-order valence-electron chi connectivity index (χ1n) is 6.86. The lowest BCUT2D eigenvalue weighted by molar-refractivity contribution is -0.123. The second-order valence-electron chi connectivity index (χ2n) is 6.06. The minimum Gasteiger partial charge on any atom is -0.350 e. The molecule has 1 rings (SSSR count). The van der Waals surface area contributed by atoms with Crippen LogP contribution < -0.4 is 11.1 Å². The van der Waals surface area contributed by atoms with Gasteiger partial charge in [0.2, 0.25) is 5.91 Å². The van der Waals surface area contributed by atoms with Crippen LogP contribution in [0, 0.1) is 0 Å². The molecule has 1 amide bonds. The molecule has 0 atom stereocenters. The van der Waals surface area contributed by atoms with Gasteiger partial charge in [-0.3, -0.25) is 9.69 Å². The van der Waals surface area contributed by atoms with E-state index in [9.17, 15) is 4.79 Å². The number of nitrogens with zero attached hydrogens (tertiary/aromatic N) is 2. The molecule has 18 heavy (non-hydrogen) atoms. The first-order chi connectivity index (χ1) is 8.40. The van der Waals surface area contributed by atoms with Crippen LogP contribution in [-0.2, 0) is 4.79 Å². The summed E-state index contributed by atoms with van der Waals surface area (Å²) in [5.41, 5.74) is 5.43. The average molecular weight is 256 g/mol. The Kier molecular flexibility index (Phi) is 6.05. The smallest absolute Gasteiger partial charge is 0.234 e. The molecule has 1 heterocycles. The summed E-state index contributed by atoms with van der Waals surface area (Å²) < 4.78 is 0. The lowest BCUT2D eigenvalue weighted by atomic mass is 10.1. The van der Waals surface area contributed by atoms with Crippen LogP contribution in [-0.4, -0.2) is 67.1 Å². The fourth-order valence-electron chi connectivity index (χ4n) is 2.25. The van der Waals surface area contributed by atoms with Crippen molar-refractivity contribution in [2.24, 2.45) is 5.73 Å². The molecule has 1 saturated heterocycles. The van der Waals surface area contributed by atoms with E-state index >= 15 is 0 Å². The Bertz CT molecular complexity index is 262. The predicted octanol–water partition coefficient (Wildman–Crippen LogP) is -0.132. The van der Waals surface area contributed by atoms with Crippen molar-refractivity contribution >= 4 is 5.91 Å². The van der Waals surface area contributed by atoms with E-state index in [4.69, 9.17) is 5.73 Å². The Labute approximate surface area is 111 Å². The third-order valence-electron chi connectivity index (χ3n) is 3.01. The van der Waals surface area contributed by atoms with Crippen molar-refractivity contribution in [3.05, 3.63) is 0 Å². The molecular formula is C13H28N4O. The summed E-state index contributed by atoms with van der Waals surface area (Å²) in [6, 6.07) is 0. The van der Waals surface area contributed by atoms with E-state index in [0.29, 0.717) is 13.1 Å². The van der Waals surface area contributed by atoms with Gasteiger partial charge in [0.05, 0.1) is 6.54 Å². The highest BCUT2D eigenvalue weighted by molar-refractivity contribution is 5.78. The first kappa shape index (κ1) is 15.4. The van der Waals surface area contributed by atoms with Crippen molar-refractivity contribution in [3.63, 3.8) is 0 Å². The molecule has 1 aliphatic rings. The molecule has 0 aromatic carbocycles. The summed E-state index contributed by atoms with van der Waals surface area (Å²) in [7, 11) is 0. The van der Waals surface area contributed by atoms with Gasteiger partial charge in [-0.2, -0.15) is 0 Å². The average Bonchev–Trinajstić information content (AvgIpc) is 2.42. The summed E-state index contributed by atoms with van der Waals surface area (Å²) in [5, 5.41) is 3.01. The van der Waals surface area contributed by atoms with E-state index in [2.05, 4.69) is 15.1 Å². The van der Waals surface area contributed by atoms with Crippen molar-refractivity contribution in [2.45, 2.75) is 32.7 Å². The maximum Gasteiger partial charge on any atom is 0.234 e. The van der Waals surface area contributed by atoms with Crippen LogP contribution in [0.4, 0.5) is 0 Å². The highest BCUT2D eigenvalue weighted by Crippen LogP contribution is 2.03. The number of nitrogens with two attached hydrogens (primary N) is 1. The highest BCUT2D eigenvalue weighted by atomic mass is 16.2. The molecule has 0 unspecified atom stereocenters. The number of amides is 1. The lowest BCUT2D eigenvalue weighted by Crippen LogP contribution is -2.46. The van der Waals surface area contributed by atoms with Gasteiger partial charge in [0, 0.05) is 31.7 Å². The normalized spacial score (nSPS) is 19.6. The van der Waals surface area contributed by atoms with Crippen LogP contribution in [0.1, 0.15) is 27.2 Å². The summed E-state index contributed by atoms with van der Waals surface area (Å²) in [5.74, 6) is 0.120. The number of nitrogens with one attached hydrogen (secondary N) is 1. The fraction of sp³-hybridized carbons (Fsp3) is 0.923. The molecule has 0 radical (unpaired) electrons. The van der Waals surface area contributed by atoms with Gasteiger partial charge in [-0.1, -0.05) is 0 Å². The zero-order valence-electron chi connectivity index (χ0n) is 12.0. The van der Waals surface area contributed by atoms with Gasteiger partial charge in [-0.15, -0.1) is 0 Å². The van der Waals surface area contributed by atoms with Gasteiger partial charge < -0.3 is 16.0 Å². The molecule has 0 saturated carbocycles. The molecule has 0 bridgehead atoms. The van der Waals surface area contributed by atoms with E-state index in [-0.39, 0.29) is 11.4 Å². The van der Waals surface area contributed by atoms with E-state index in [1.165, 1.54) is 0 Å². The molecule has 0 spiro atoms. The topological polar surface area (TPSA) is 61.6 Å². The summed E-state index contributed by atoms with van der Waals surface area (Å²) in [6.45, 7) is 12.3. The summed E-state index contributed by atoms with van der Waals surface area (Å²) in [4.78, 5) is 16.5. The SMILES string of the molecule is CC(C)(C)NC(=O)CN1CCCN(CCN)CC1. The molecule has 1 fully saturated rings. The maximum absolute atomic E-state index is 11.9. The highest BCUT2D eigenvalue weighted by Gasteiger charge is 2.19. The zero-order valence-corrected chi connectivity index (χ0v) is 12.0. The minimum absolute atomic E-state index is 0.120. The molecule has 3 N–H and O–H groups in total. The Morgan fingerprint density at radius 3 is 2.39 bits per heavy atom. The van der Waals surface area contributed by atoms with Gasteiger partial charge in [0.25, 0.3) is 0 Å². The number of hydrogen-bond acceptors (Lipinski definition) is 4. The molecular weight excluding hydrogens is 228 g/mol. The summed E-state index contributed by atoms with van der Waals surface area (Å²) in [6.07, 6.45) is 1.11. The van der Waals surface area contributed by atoms with Crippen LogP contribution in [0.3, 0.4) is 0 Å². The lowest BCUT2D eigenvalue weighted by Gasteiger charge is -2.24. The van der Waals surface area contributed by atoms with Crippen LogP contribution in [0.25, 0.3) is 0 Å². The largest absolute Gasteiger partial charge is 0.350 e. The Morgan fingerprint density at radius 2 is 1.78 bits per heavy atom. The van der Waals surface area contributed by atoms with Gasteiger partial charge in [-0.25, -0.2) is 0 Å². The Balaban J connectivity index is 2.33. The maximum atomic E-state index is 11.9. The molecule has 106 valence electrons. The Morgan fingerprint density at radius 1 is 1.17 bits per heavy atom. The van der Waals surface area contributed by atoms with E-state index in [1.807, 2.05) is 20.8 Å². The van der Waals surface area contributed by atoms with Gasteiger partial charge in [0.15, 0.2) is 0 Å². The molecule has 0 aliphatic carbocycles. The van der Waals surface area contributed by atoms with Crippen molar-refractivity contribution in [1.29, 1.82) is 0 Å². The number of carbonyl (C=O) groups is 1.